The molecule has 0 atom stereocenters. The Hall–Kier alpha value is -1.44. The molecule has 27 heavy (non-hydrogen) atoms. The van der Waals surface area contributed by atoms with Gasteiger partial charge in [-0.3, -0.25) is 4.79 Å². The van der Waals surface area contributed by atoms with Crippen LogP contribution in [-0.2, 0) is 21.2 Å². The first kappa shape index (κ1) is 21.9. The van der Waals surface area contributed by atoms with Gasteiger partial charge in [-0.25, -0.2) is 12.7 Å². The Morgan fingerprint density at radius 2 is 1.81 bits per heavy atom. The van der Waals surface area contributed by atoms with Crippen LogP contribution in [0.3, 0.4) is 0 Å². The van der Waals surface area contributed by atoms with Crippen molar-refractivity contribution in [3.8, 4) is 0 Å². The Morgan fingerprint density at radius 3 is 2.44 bits per heavy atom. The number of nitrogens with zero attached hydrogens (tertiary/aromatic N) is 2. The molecule has 0 bridgehead atoms. The second-order valence-corrected chi connectivity index (χ2v) is 9.61. The lowest BCUT2D eigenvalue weighted by molar-refractivity contribution is -0.126. The fourth-order valence-electron chi connectivity index (χ4n) is 3.38. The van der Waals surface area contributed by atoms with E-state index in [0.717, 1.165) is 24.9 Å². The average molecular weight is 396 g/mol. The number of hydrogen-bond donors (Lipinski definition) is 1. The second kappa shape index (κ2) is 10.8. The maximum absolute atomic E-state index is 12.5. The van der Waals surface area contributed by atoms with Crippen molar-refractivity contribution in [2.24, 2.45) is 5.92 Å². The van der Waals surface area contributed by atoms with Gasteiger partial charge in [0, 0.05) is 25.6 Å². The van der Waals surface area contributed by atoms with Gasteiger partial charge < -0.3 is 10.2 Å². The third-order valence-electron chi connectivity index (χ3n) is 5.01. The number of carbonyl (C=O) groups excluding carboxylic acids is 1. The Kier molecular flexibility index (Phi) is 8.73. The van der Waals surface area contributed by atoms with E-state index in [1.165, 1.54) is 0 Å². The molecule has 6 nitrogen and oxygen atoms in total. The molecule has 1 N–H and O–H groups in total. The fourth-order valence-corrected chi connectivity index (χ4v) is 4.91. The Labute approximate surface area is 164 Å². The third-order valence-corrected chi connectivity index (χ3v) is 6.97. The maximum Gasteiger partial charge on any atom is 0.223 e. The first-order valence-electron chi connectivity index (χ1n) is 9.82. The number of sulfonamides is 1. The van der Waals surface area contributed by atoms with E-state index in [0.29, 0.717) is 38.9 Å². The number of hydrogen-bond acceptors (Lipinski definition) is 4. The first-order chi connectivity index (χ1) is 12.9. The Balaban J connectivity index is 1.69. The molecule has 152 valence electrons. The summed E-state index contributed by atoms with van der Waals surface area (Å²) >= 11 is 0. The molecule has 1 heterocycles. The van der Waals surface area contributed by atoms with Crippen molar-refractivity contribution in [1.82, 2.24) is 14.5 Å². The van der Waals surface area contributed by atoms with Crippen molar-refractivity contribution in [2.75, 3.05) is 46.0 Å². The van der Waals surface area contributed by atoms with Gasteiger partial charge >= 0.3 is 0 Å². The number of amides is 1. The van der Waals surface area contributed by atoms with Crippen molar-refractivity contribution < 1.29 is 13.2 Å². The van der Waals surface area contributed by atoms with Crippen LogP contribution in [0.2, 0.25) is 0 Å². The van der Waals surface area contributed by atoms with Crippen molar-refractivity contribution in [2.45, 2.75) is 32.1 Å². The zero-order valence-corrected chi connectivity index (χ0v) is 17.4. The molecule has 0 radical (unpaired) electrons. The van der Waals surface area contributed by atoms with E-state index in [-0.39, 0.29) is 17.6 Å². The van der Waals surface area contributed by atoms with Crippen molar-refractivity contribution >= 4 is 15.9 Å². The van der Waals surface area contributed by atoms with Gasteiger partial charge in [-0.15, -0.1) is 0 Å². The highest BCUT2D eigenvalue weighted by atomic mass is 32.2. The molecule has 1 saturated heterocycles. The minimum absolute atomic E-state index is 0.0647. The van der Waals surface area contributed by atoms with Crippen LogP contribution in [0.15, 0.2) is 30.3 Å². The van der Waals surface area contributed by atoms with E-state index in [4.69, 9.17) is 0 Å². The third kappa shape index (κ3) is 7.60. The Bertz CT molecular complexity index is 669. The van der Waals surface area contributed by atoms with Gasteiger partial charge in [0.25, 0.3) is 0 Å². The molecular formula is C20H33N3O3S. The summed E-state index contributed by atoms with van der Waals surface area (Å²) in [5.41, 5.74) is 1.16. The van der Waals surface area contributed by atoms with Crippen LogP contribution in [0.5, 0.6) is 0 Å². The summed E-state index contributed by atoms with van der Waals surface area (Å²) in [6.45, 7) is 2.52. The molecule has 1 amide bonds. The van der Waals surface area contributed by atoms with Crippen LogP contribution in [-0.4, -0.2) is 69.6 Å². The summed E-state index contributed by atoms with van der Waals surface area (Å²) in [7, 11) is 0.787. The van der Waals surface area contributed by atoms with Gasteiger partial charge in [-0.1, -0.05) is 30.3 Å². The zero-order valence-electron chi connectivity index (χ0n) is 16.6. The van der Waals surface area contributed by atoms with Crippen LogP contribution in [0.4, 0.5) is 0 Å². The summed E-state index contributed by atoms with van der Waals surface area (Å²) in [4.78, 5) is 14.3. The number of carbonyl (C=O) groups is 1. The molecule has 1 aromatic rings. The fraction of sp³-hybridized carbons (Fsp3) is 0.650. The van der Waals surface area contributed by atoms with Crippen molar-refractivity contribution in [1.29, 1.82) is 0 Å². The maximum atomic E-state index is 12.5. The van der Waals surface area contributed by atoms with Gasteiger partial charge in [0.05, 0.1) is 5.75 Å². The number of rotatable bonds is 10. The molecule has 0 aromatic heterocycles. The van der Waals surface area contributed by atoms with Gasteiger partial charge in [-0.2, -0.15) is 0 Å². The molecule has 0 aliphatic carbocycles. The normalized spacial score (nSPS) is 16.6. The predicted molar refractivity (Wildman–Crippen MR) is 109 cm³/mol. The van der Waals surface area contributed by atoms with Crippen LogP contribution in [0, 0.1) is 5.92 Å². The lowest BCUT2D eigenvalue weighted by atomic mass is 9.97. The van der Waals surface area contributed by atoms with Crippen LogP contribution < -0.4 is 5.32 Å². The summed E-state index contributed by atoms with van der Waals surface area (Å²) in [5.74, 6) is 0.165. The van der Waals surface area contributed by atoms with Crippen molar-refractivity contribution in [3.63, 3.8) is 0 Å². The molecule has 1 aromatic carbocycles. The number of piperidine rings is 1. The molecule has 1 fully saturated rings. The minimum atomic E-state index is -3.24. The zero-order chi connectivity index (χ0) is 19.7. The van der Waals surface area contributed by atoms with E-state index < -0.39 is 10.0 Å². The topological polar surface area (TPSA) is 69.7 Å². The number of aryl methyl sites for hydroxylation is 1. The molecule has 1 aliphatic heterocycles. The molecular weight excluding hydrogens is 362 g/mol. The van der Waals surface area contributed by atoms with Gasteiger partial charge in [-0.05, 0) is 58.3 Å². The van der Waals surface area contributed by atoms with E-state index in [2.05, 4.69) is 10.2 Å². The van der Waals surface area contributed by atoms with Gasteiger partial charge in [0.15, 0.2) is 0 Å². The van der Waals surface area contributed by atoms with Crippen LogP contribution in [0.25, 0.3) is 0 Å². The van der Waals surface area contributed by atoms with E-state index in [1.54, 1.807) is 4.31 Å². The quantitative estimate of drug-likeness (QED) is 0.613. The highest BCUT2D eigenvalue weighted by Crippen LogP contribution is 2.20. The predicted octanol–water partition coefficient (Wildman–Crippen LogP) is 1.73. The van der Waals surface area contributed by atoms with Gasteiger partial charge in [0.1, 0.15) is 0 Å². The standard InChI is InChI=1S/C20H33N3O3S/c1-22(2)14-7-13-21-20(24)19-11-15-23(16-12-19)27(25,26)17-6-10-18-8-4-3-5-9-18/h3-5,8-9,19H,6-7,10-17H2,1-2H3,(H,21,24). The molecule has 0 unspecified atom stereocenters. The second-order valence-electron chi connectivity index (χ2n) is 7.53. The largest absolute Gasteiger partial charge is 0.356 e. The smallest absolute Gasteiger partial charge is 0.223 e. The van der Waals surface area contributed by atoms with E-state index in [9.17, 15) is 13.2 Å². The lowest BCUT2D eigenvalue weighted by Crippen LogP contribution is -2.44. The lowest BCUT2D eigenvalue weighted by Gasteiger charge is -2.30. The Morgan fingerprint density at radius 1 is 1.15 bits per heavy atom. The minimum Gasteiger partial charge on any atom is -0.356 e. The van der Waals surface area contributed by atoms with E-state index in [1.807, 2.05) is 44.4 Å². The van der Waals surface area contributed by atoms with Crippen molar-refractivity contribution in [3.05, 3.63) is 35.9 Å². The molecule has 1 aliphatic rings. The van der Waals surface area contributed by atoms with Gasteiger partial charge in [0.2, 0.25) is 15.9 Å². The summed E-state index contributed by atoms with van der Waals surface area (Å²) < 4.78 is 26.7. The monoisotopic (exact) mass is 395 g/mol. The summed E-state index contributed by atoms with van der Waals surface area (Å²) in [5, 5.41) is 2.98. The summed E-state index contributed by atoms with van der Waals surface area (Å²) in [6.07, 6.45) is 3.53. The molecule has 7 heteroatoms. The van der Waals surface area contributed by atoms with E-state index >= 15 is 0 Å². The van der Waals surface area contributed by atoms with Crippen LogP contribution >= 0.6 is 0 Å². The number of benzene rings is 1. The number of nitrogens with one attached hydrogen (secondary N) is 1. The SMILES string of the molecule is CN(C)CCCNC(=O)C1CCN(S(=O)(=O)CCCc2ccccc2)CC1. The highest BCUT2D eigenvalue weighted by molar-refractivity contribution is 7.89. The highest BCUT2D eigenvalue weighted by Gasteiger charge is 2.30. The average Bonchev–Trinajstić information content (AvgIpc) is 2.66. The van der Waals surface area contributed by atoms with Crippen LogP contribution in [0.1, 0.15) is 31.2 Å². The molecule has 0 spiro atoms. The molecule has 0 saturated carbocycles. The summed E-state index contributed by atoms with van der Waals surface area (Å²) in [6, 6.07) is 9.95. The molecule has 2 rings (SSSR count). The first-order valence-corrected chi connectivity index (χ1v) is 11.4.